The van der Waals surface area contributed by atoms with Crippen LogP contribution < -0.4 is 0 Å². The fourth-order valence-electron chi connectivity index (χ4n) is 4.20. The maximum Gasteiger partial charge on any atom is 0.346 e. The number of sulfonamides is 1. The first-order chi connectivity index (χ1) is 14.1. The molecule has 2 heterocycles. The van der Waals surface area contributed by atoms with E-state index in [1.165, 1.54) is 32.6 Å². The van der Waals surface area contributed by atoms with Gasteiger partial charge in [-0.25, -0.2) is 18.0 Å². The number of carboxylic acids is 2. The van der Waals surface area contributed by atoms with Gasteiger partial charge in [0.25, 0.3) is 10.0 Å². The molecule has 0 spiro atoms. The molecule has 0 radical (unpaired) electrons. The Balaban J connectivity index is 1.69. The van der Waals surface area contributed by atoms with Crippen LogP contribution in [0.15, 0.2) is 4.21 Å². The highest BCUT2D eigenvalue weighted by Crippen LogP contribution is 2.34. The molecular weight excluding hydrogens is 432 g/mol. The summed E-state index contributed by atoms with van der Waals surface area (Å²) in [4.78, 5) is 36.8. The minimum Gasteiger partial charge on any atom is -0.478 e. The lowest BCUT2D eigenvalue weighted by Crippen LogP contribution is -2.50. The van der Waals surface area contributed by atoms with Crippen molar-refractivity contribution in [1.29, 1.82) is 0 Å². The van der Waals surface area contributed by atoms with Gasteiger partial charge in [0.15, 0.2) is 4.21 Å². The second-order valence-corrected chi connectivity index (χ2v) is 11.0. The molecule has 9 nitrogen and oxygen atoms in total. The van der Waals surface area contributed by atoms with Crippen LogP contribution in [0.3, 0.4) is 0 Å². The highest BCUT2D eigenvalue weighted by molar-refractivity contribution is 7.91. The van der Waals surface area contributed by atoms with Crippen LogP contribution >= 0.6 is 11.3 Å². The molecule has 2 N–H and O–H groups in total. The molecule has 11 heteroatoms. The summed E-state index contributed by atoms with van der Waals surface area (Å²) in [5, 5.41) is 18.7. The minimum atomic E-state index is -4.18. The average molecular weight is 459 g/mol. The Labute approximate surface area is 179 Å². The van der Waals surface area contributed by atoms with E-state index in [-0.39, 0.29) is 42.5 Å². The second-order valence-electron chi connectivity index (χ2n) is 7.80. The monoisotopic (exact) mass is 458 g/mol. The van der Waals surface area contributed by atoms with Crippen LogP contribution in [0.25, 0.3) is 0 Å². The number of thiophene rings is 1. The first-order valence-electron chi connectivity index (χ1n) is 10.0. The van der Waals surface area contributed by atoms with E-state index in [2.05, 4.69) is 0 Å². The van der Waals surface area contributed by atoms with Crippen LogP contribution in [-0.4, -0.2) is 71.9 Å². The van der Waals surface area contributed by atoms with Gasteiger partial charge in [-0.3, -0.25) is 4.79 Å². The van der Waals surface area contributed by atoms with E-state index in [1.54, 1.807) is 4.90 Å². The maximum atomic E-state index is 13.1. The van der Waals surface area contributed by atoms with Crippen LogP contribution in [0.2, 0.25) is 0 Å². The van der Waals surface area contributed by atoms with E-state index in [1.807, 2.05) is 0 Å². The Bertz CT molecular complexity index is 940. The number of hydrogen-bond donors (Lipinski definition) is 2. The number of piperazine rings is 1. The number of hydrogen-bond acceptors (Lipinski definition) is 6. The molecule has 30 heavy (non-hydrogen) atoms. The summed E-state index contributed by atoms with van der Waals surface area (Å²) in [7, 11) is -4.18. The first kappa shape index (κ1) is 22.7. The van der Waals surface area contributed by atoms with Crippen LogP contribution in [-0.2, 0) is 14.8 Å². The van der Waals surface area contributed by atoms with Crippen molar-refractivity contribution < 1.29 is 33.0 Å². The van der Waals surface area contributed by atoms with Crippen molar-refractivity contribution in [2.24, 2.45) is 5.92 Å². The molecule has 0 bridgehead atoms. The largest absolute Gasteiger partial charge is 0.478 e. The molecule has 2 aliphatic rings. The molecule has 0 unspecified atom stereocenters. The van der Waals surface area contributed by atoms with Crippen LogP contribution in [0, 0.1) is 12.8 Å². The third kappa shape index (κ3) is 4.52. The predicted molar refractivity (Wildman–Crippen MR) is 110 cm³/mol. The van der Waals surface area contributed by atoms with Crippen molar-refractivity contribution in [1.82, 2.24) is 9.21 Å². The number of carboxylic acid groups (broad SMARTS) is 2. The van der Waals surface area contributed by atoms with Gasteiger partial charge in [-0.05, 0) is 24.8 Å². The molecule has 1 aromatic heterocycles. The molecule has 1 aliphatic carbocycles. The first-order valence-corrected chi connectivity index (χ1v) is 12.3. The summed E-state index contributed by atoms with van der Waals surface area (Å²) in [5.74, 6) is -2.21. The molecule has 1 saturated heterocycles. The summed E-state index contributed by atoms with van der Waals surface area (Å²) in [6, 6.07) is 0. The van der Waals surface area contributed by atoms with Gasteiger partial charge in [-0.2, -0.15) is 4.31 Å². The Morgan fingerprint density at radius 3 is 2.17 bits per heavy atom. The lowest BCUT2D eigenvalue weighted by molar-refractivity contribution is -0.132. The Morgan fingerprint density at radius 2 is 1.63 bits per heavy atom. The van der Waals surface area contributed by atoms with Gasteiger partial charge >= 0.3 is 11.9 Å². The maximum absolute atomic E-state index is 13.1. The highest BCUT2D eigenvalue weighted by Gasteiger charge is 2.37. The van der Waals surface area contributed by atoms with Gasteiger partial charge in [0, 0.05) is 32.6 Å². The van der Waals surface area contributed by atoms with Gasteiger partial charge in [0.2, 0.25) is 5.91 Å². The number of carbonyl (C=O) groups excluding carboxylic acids is 1. The molecule has 0 atom stereocenters. The number of rotatable bonds is 7. The van der Waals surface area contributed by atoms with Crippen molar-refractivity contribution in [3.05, 3.63) is 16.0 Å². The quantitative estimate of drug-likeness (QED) is 0.640. The molecule has 1 amide bonds. The van der Waals surface area contributed by atoms with E-state index in [4.69, 9.17) is 0 Å². The summed E-state index contributed by atoms with van der Waals surface area (Å²) < 4.78 is 26.8. The lowest BCUT2D eigenvalue weighted by atomic mass is 10.0. The fraction of sp³-hybridized carbons (Fsp3) is 0.632. The zero-order chi connectivity index (χ0) is 22.1. The van der Waals surface area contributed by atoms with Gasteiger partial charge in [-0.1, -0.05) is 25.7 Å². The number of nitrogens with zero attached hydrogens (tertiary/aromatic N) is 2. The number of amides is 1. The summed E-state index contributed by atoms with van der Waals surface area (Å²) in [6.07, 6.45) is 6.12. The lowest BCUT2D eigenvalue weighted by Gasteiger charge is -2.34. The molecule has 1 aliphatic heterocycles. The number of carbonyl (C=O) groups is 3. The minimum absolute atomic E-state index is 0.0188. The average Bonchev–Trinajstić information content (AvgIpc) is 3.34. The zero-order valence-corrected chi connectivity index (χ0v) is 18.4. The van der Waals surface area contributed by atoms with Gasteiger partial charge in [-0.15, -0.1) is 11.3 Å². The molecule has 166 valence electrons. The second kappa shape index (κ2) is 9.03. The number of aromatic carboxylic acids is 2. The van der Waals surface area contributed by atoms with E-state index in [0.717, 1.165) is 10.7 Å². The summed E-state index contributed by atoms with van der Waals surface area (Å²) in [6.45, 7) is 1.87. The SMILES string of the molecule is Cc1c(C(=O)O)sc(S(=O)(=O)N2CCN(C(=O)CCC3CCCC3)CC2)c1C(=O)O. The van der Waals surface area contributed by atoms with E-state index >= 15 is 0 Å². The van der Waals surface area contributed by atoms with Gasteiger partial charge in [0.05, 0.1) is 5.56 Å². The molecule has 0 aromatic carbocycles. The van der Waals surface area contributed by atoms with Crippen molar-refractivity contribution >= 4 is 39.2 Å². The molecular formula is C19H26N2O7S2. The van der Waals surface area contributed by atoms with Crippen LogP contribution in [0.1, 0.15) is 64.1 Å². The van der Waals surface area contributed by atoms with Crippen LogP contribution in [0.4, 0.5) is 0 Å². The van der Waals surface area contributed by atoms with E-state index < -0.39 is 31.7 Å². The van der Waals surface area contributed by atoms with Crippen molar-refractivity contribution in [3.63, 3.8) is 0 Å². The zero-order valence-electron chi connectivity index (χ0n) is 16.8. The standard InChI is InChI=1S/C19H26N2O7S2/c1-12-15(17(23)24)19(29-16(12)18(25)26)30(27,28)21-10-8-20(9-11-21)14(22)7-6-13-4-2-3-5-13/h13H,2-11H2,1H3,(H,23,24)(H,25,26). The Kier molecular flexibility index (Phi) is 6.83. The summed E-state index contributed by atoms with van der Waals surface area (Å²) in [5.41, 5.74) is -0.563. The van der Waals surface area contributed by atoms with Crippen LogP contribution in [0.5, 0.6) is 0 Å². The van der Waals surface area contributed by atoms with Gasteiger partial charge < -0.3 is 15.1 Å². The Hall–Kier alpha value is -1.98. The normalized spacial score (nSPS) is 18.6. The smallest absolute Gasteiger partial charge is 0.346 e. The topological polar surface area (TPSA) is 132 Å². The van der Waals surface area contributed by atoms with Crippen molar-refractivity contribution in [3.8, 4) is 0 Å². The van der Waals surface area contributed by atoms with E-state index in [9.17, 15) is 33.0 Å². The summed E-state index contributed by atoms with van der Waals surface area (Å²) >= 11 is 0.462. The fourth-order valence-corrected chi connectivity index (χ4v) is 7.43. The molecule has 1 saturated carbocycles. The molecule has 3 rings (SSSR count). The third-order valence-electron chi connectivity index (χ3n) is 5.93. The highest BCUT2D eigenvalue weighted by atomic mass is 32.2. The Morgan fingerprint density at radius 1 is 1.03 bits per heavy atom. The molecule has 1 aromatic rings. The van der Waals surface area contributed by atoms with Gasteiger partial charge in [0.1, 0.15) is 4.88 Å². The van der Waals surface area contributed by atoms with Crippen molar-refractivity contribution in [2.75, 3.05) is 26.2 Å². The molecule has 2 fully saturated rings. The predicted octanol–water partition coefficient (Wildman–Crippen LogP) is 2.26. The van der Waals surface area contributed by atoms with Crippen molar-refractivity contribution in [2.45, 2.75) is 49.7 Å². The third-order valence-corrected chi connectivity index (χ3v) is 9.60. The van der Waals surface area contributed by atoms with E-state index in [0.29, 0.717) is 23.7 Å².